The van der Waals surface area contributed by atoms with E-state index in [1.54, 1.807) is 18.2 Å². The van der Waals surface area contributed by atoms with Gasteiger partial charge >= 0.3 is 0 Å². The molecule has 0 aliphatic heterocycles. The molecule has 0 spiro atoms. The van der Waals surface area contributed by atoms with Gasteiger partial charge in [0.05, 0.1) is 10.6 Å². The van der Waals surface area contributed by atoms with Crippen molar-refractivity contribution in [2.24, 2.45) is 5.73 Å². The first-order valence-corrected chi connectivity index (χ1v) is 6.36. The summed E-state index contributed by atoms with van der Waals surface area (Å²) in [5, 5.41) is 0.643. The number of hydrogen-bond acceptors (Lipinski definition) is 2. The highest BCUT2D eigenvalue weighted by molar-refractivity contribution is 7.80. The highest BCUT2D eigenvalue weighted by Gasteiger charge is 2.11. The molecule has 98 valence electrons. The Labute approximate surface area is 124 Å². The van der Waals surface area contributed by atoms with E-state index in [2.05, 4.69) is 0 Å². The first-order valence-electron chi connectivity index (χ1n) is 5.19. The second kappa shape index (κ2) is 5.74. The lowest BCUT2D eigenvalue weighted by atomic mass is 10.2. The SMILES string of the molecule is NC(=S)c1cc(Cl)ccc1Oc1ccc(F)cc1Cl. The van der Waals surface area contributed by atoms with Gasteiger partial charge in [0.1, 0.15) is 22.3 Å². The summed E-state index contributed by atoms with van der Waals surface area (Å²) in [6.07, 6.45) is 0. The van der Waals surface area contributed by atoms with Gasteiger partial charge in [-0.1, -0.05) is 35.4 Å². The summed E-state index contributed by atoms with van der Waals surface area (Å²) in [7, 11) is 0. The van der Waals surface area contributed by atoms with Gasteiger partial charge < -0.3 is 10.5 Å². The van der Waals surface area contributed by atoms with Crippen molar-refractivity contribution in [3.8, 4) is 11.5 Å². The van der Waals surface area contributed by atoms with Crippen LogP contribution in [-0.4, -0.2) is 4.99 Å². The van der Waals surface area contributed by atoms with E-state index in [1.807, 2.05) is 0 Å². The van der Waals surface area contributed by atoms with Gasteiger partial charge in [0.2, 0.25) is 0 Å². The van der Waals surface area contributed by atoms with Crippen molar-refractivity contribution in [3.63, 3.8) is 0 Å². The Hall–Kier alpha value is -1.36. The Balaban J connectivity index is 2.40. The van der Waals surface area contributed by atoms with E-state index in [1.165, 1.54) is 12.1 Å². The fourth-order valence-electron chi connectivity index (χ4n) is 1.46. The lowest BCUT2D eigenvalue weighted by Gasteiger charge is -2.11. The summed E-state index contributed by atoms with van der Waals surface area (Å²) in [4.78, 5) is 0.149. The fourth-order valence-corrected chi connectivity index (χ4v) is 2.00. The minimum atomic E-state index is -0.442. The van der Waals surface area contributed by atoms with Crippen LogP contribution >= 0.6 is 35.4 Å². The molecule has 0 unspecified atom stereocenters. The van der Waals surface area contributed by atoms with Gasteiger partial charge in [0.25, 0.3) is 0 Å². The maximum Gasteiger partial charge on any atom is 0.146 e. The summed E-state index contributed by atoms with van der Waals surface area (Å²) in [5.41, 5.74) is 6.09. The molecule has 0 saturated heterocycles. The molecular formula is C13H8Cl2FNOS. The van der Waals surface area contributed by atoms with Crippen LogP contribution in [0, 0.1) is 5.82 Å². The van der Waals surface area contributed by atoms with Crippen LogP contribution in [0.5, 0.6) is 11.5 Å². The Kier molecular flexibility index (Phi) is 4.24. The predicted octanol–water partition coefficient (Wildman–Crippen LogP) is 4.56. The second-order valence-corrected chi connectivity index (χ2v) is 4.97. The standard InChI is InChI=1S/C13H8Cl2FNOS/c14-7-1-3-11(9(5-7)13(17)19)18-12-4-2-8(16)6-10(12)15/h1-6H,(H2,17,19). The predicted molar refractivity (Wildman–Crippen MR) is 78.8 cm³/mol. The third-order valence-corrected chi connectivity index (χ3v) is 3.07. The van der Waals surface area contributed by atoms with E-state index in [-0.39, 0.29) is 10.0 Å². The fraction of sp³-hybridized carbons (Fsp3) is 0. The van der Waals surface area contributed by atoms with E-state index >= 15 is 0 Å². The monoisotopic (exact) mass is 315 g/mol. The number of hydrogen-bond donors (Lipinski definition) is 1. The van der Waals surface area contributed by atoms with Crippen LogP contribution in [0.2, 0.25) is 10.0 Å². The van der Waals surface area contributed by atoms with Crippen molar-refractivity contribution in [2.75, 3.05) is 0 Å². The lowest BCUT2D eigenvalue weighted by molar-refractivity contribution is 0.480. The van der Waals surface area contributed by atoms with Crippen molar-refractivity contribution in [1.82, 2.24) is 0 Å². The van der Waals surface area contributed by atoms with Crippen LogP contribution < -0.4 is 10.5 Å². The number of thiocarbonyl (C=S) groups is 1. The minimum Gasteiger partial charge on any atom is -0.455 e. The zero-order valence-corrected chi connectivity index (χ0v) is 11.8. The molecule has 0 radical (unpaired) electrons. The normalized spacial score (nSPS) is 10.3. The van der Waals surface area contributed by atoms with Gasteiger partial charge in [0.15, 0.2) is 0 Å². The molecule has 2 aromatic carbocycles. The van der Waals surface area contributed by atoms with Crippen LogP contribution in [0.25, 0.3) is 0 Å². The second-order valence-electron chi connectivity index (χ2n) is 3.68. The molecule has 0 amide bonds. The molecule has 0 fully saturated rings. The van der Waals surface area contributed by atoms with Gasteiger partial charge in [-0.05, 0) is 36.4 Å². The number of rotatable bonds is 3. The summed E-state index contributed by atoms with van der Waals surface area (Å²) >= 11 is 16.7. The molecule has 0 aliphatic rings. The van der Waals surface area contributed by atoms with Crippen LogP contribution in [0.15, 0.2) is 36.4 Å². The zero-order valence-electron chi connectivity index (χ0n) is 9.49. The molecule has 0 bridgehead atoms. The van der Waals surface area contributed by atoms with Crippen molar-refractivity contribution >= 4 is 40.4 Å². The first-order chi connectivity index (χ1) is 8.97. The Morgan fingerprint density at radius 2 is 1.79 bits per heavy atom. The Bertz CT molecular complexity index is 649. The van der Waals surface area contributed by atoms with Gasteiger partial charge in [-0.25, -0.2) is 4.39 Å². The van der Waals surface area contributed by atoms with Crippen molar-refractivity contribution in [2.45, 2.75) is 0 Å². The molecule has 2 aromatic rings. The molecule has 19 heavy (non-hydrogen) atoms. The van der Waals surface area contributed by atoms with Crippen molar-refractivity contribution in [1.29, 1.82) is 0 Å². The number of benzene rings is 2. The average molecular weight is 316 g/mol. The Morgan fingerprint density at radius 3 is 2.42 bits per heavy atom. The molecule has 6 heteroatoms. The molecule has 0 aliphatic carbocycles. The lowest BCUT2D eigenvalue weighted by Crippen LogP contribution is -2.10. The van der Waals surface area contributed by atoms with E-state index in [4.69, 9.17) is 45.9 Å². The van der Waals surface area contributed by atoms with E-state index in [0.29, 0.717) is 22.1 Å². The molecule has 0 saturated carbocycles. The first kappa shape index (κ1) is 14.1. The quantitative estimate of drug-likeness (QED) is 0.843. The van der Waals surface area contributed by atoms with E-state index < -0.39 is 5.82 Å². The highest BCUT2D eigenvalue weighted by Crippen LogP contribution is 2.32. The molecule has 0 aromatic heterocycles. The van der Waals surface area contributed by atoms with Crippen LogP contribution in [-0.2, 0) is 0 Å². The highest BCUT2D eigenvalue weighted by atomic mass is 35.5. The van der Waals surface area contributed by atoms with E-state index in [0.717, 1.165) is 6.07 Å². The zero-order chi connectivity index (χ0) is 14.0. The average Bonchev–Trinajstić information content (AvgIpc) is 2.34. The van der Waals surface area contributed by atoms with Crippen molar-refractivity contribution in [3.05, 3.63) is 57.8 Å². The van der Waals surface area contributed by atoms with Gasteiger partial charge in [-0.15, -0.1) is 0 Å². The van der Waals surface area contributed by atoms with Crippen LogP contribution in [0.1, 0.15) is 5.56 Å². The van der Waals surface area contributed by atoms with Gasteiger partial charge in [0, 0.05) is 5.02 Å². The largest absolute Gasteiger partial charge is 0.455 e. The summed E-state index contributed by atoms with van der Waals surface area (Å²) in [5.74, 6) is 0.274. The number of ether oxygens (including phenoxy) is 1. The minimum absolute atomic E-state index is 0.149. The van der Waals surface area contributed by atoms with Crippen LogP contribution in [0.3, 0.4) is 0 Å². The van der Waals surface area contributed by atoms with Crippen molar-refractivity contribution < 1.29 is 9.13 Å². The smallest absolute Gasteiger partial charge is 0.146 e. The molecule has 0 atom stereocenters. The molecule has 0 heterocycles. The molecule has 2 rings (SSSR count). The maximum absolute atomic E-state index is 12.9. The summed E-state index contributed by atoms with van der Waals surface area (Å²) in [6, 6.07) is 8.68. The van der Waals surface area contributed by atoms with Gasteiger partial charge in [-0.2, -0.15) is 0 Å². The number of nitrogens with two attached hydrogens (primary N) is 1. The number of halogens is 3. The molecule has 2 nitrogen and oxygen atoms in total. The third kappa shape index (κ3) is 3.35. The van der Waals surface area contributed by atoms with Gasteiger partial charge in [-0.3, -0.25) is 0 Å². The van der Waals surface area contributed by atoms with Crippen LogP contribution in [0.4, 0.5) is 4.39 Å². The Morgan fingerprint density at radius 1 is 1.11 bits per heavy atom. The summed E-state index contributed by atoms with van der Waals surface area (Å²) in [6.45, 7) is 0. The third-order valence-electron chi connectivity index (χ3n) is 2.32. The summed E-state index contributed by atoms with van der Waals surface area (Å²) < 4.78 is 18.5. The van der Waals surface area contributed by atoms with E-state index in [9.17, 15) is 4.39 Å². The molecule has 2 N–H and O–H groups in total. The maximum atomic E-state index is 12.9. The molecular weight excluding hydrogens is 308 g/mol. The topological polar surface area (TPSA) is 35.2 Å².